The second-order valence-corrected chi connectivity index (χ2v) is 7.85. The summed E-state index contributed by atoms with van der Waals surface area (Å²) in [6.45, 7) is 8.21. The number of rotatable bonds is 10. The monoisotopic (exact) mass is 377 g/mol. The minimum absolute atomic E-state index is 0.0317. The zero-order valence-corrected chi connectivity index (χ0v) is 16.1. The second-order valence-electron chi connectivity index (χ2n) is 6.77. The van der Waals surface area contributed by atoms with Crippen LogP contribution in [0.3, 0.4) is 0 Å². The molecule has 2 heterocycles. The lowest BCUT2D eigenvalue weighted by Crippen LogP contribution is -2.36. The quantitative estimate of drug-likeness (QED) is 0.490. The predicted octanol–water partition coefficient (Wildman–Crippen LogP) is 2.25. The fourth-order valence-electron chi connectivity index (χ4n) is 3.52. The Balaban J connectivity index is 1.72. The number of ether oxygens (including phenoxy) is 1. The normalized spacial score (nSPS) is 14.9. The van der Waals surface area contributed by atoms with E-state index >= 15 is 0 Å². The smallest absolute Gasteiger partial charge is 0.259 e. The van der Waals surface area contributed by atoms with Gasteiger partial charge in [0.2, 0.25) is 0 Å². The van der Waals surface area contributed by atoms with Crippen LogP contribution >= 0.6 is 11.3 Å². The van der Waals surface area contributed by atoms with Gasteiger partial charge in [0.25, 0.3) is 5.56 Å². The molecule has 26 heavy (non-hydrogen) atoms. The maximum atomic E-state index is 12.6. The standard InChI is InChI=1S/C19H27N3O3S/c1-3-8-22(10-13(23)12-25-9-4-2)11-16-20-18(24)17-14-6-5-7-15(14)26-19(17)21-16/h4,13,23H,2-3,5-12H2,1H3,(H,20,21,24). The summed E-state index contributed by atoms with van der Waals surface area (Å²) >= 11 is 1.65. The average molecular weight is 378 g/mol. The molecule has 0 saturated heterocycles. The van der Waals surface area contributed by atoms with Gasteiger partial charge in [0, 0.05) is 11.4 Å². The predicted molar refractivity (Wildman–Crippen MR) is 105 cm³/mol. The van der Waals surface area contributed by atoms with Crippen LogP contribution in [-0.4, -0.2) is 52.4 Å². The van der Waals surface area contributed by atoms with E-state index in [0.29, 0.717) is 25.5 Å². The van der Waals surface area contributed by atoms with Gasteiger partial charge >= 0.3 is 0 Å². The van der Waals surface area contributed by atoms with Crippen LogP contribution in [0.25, 0.3) is 10.2 Å². The van der Waals surface area contributed by atoms with E-state index < -0.39 is 6.10 Å². The van der Waals surface area contributed by atoms with Gasteiger partial charge in [-0.15, -0.1) is 17.9 Å². The molecule has 142 valence electrons. The number of nitrogens with zero attached hydrogens (tertiary/aromatic N) is 2. The SMILES string of the molecule is C=CCOCC(O)CN(CCC)Cc1nc2sc3c(c2c(=O)[nH]1)CCC3. The number of aliphatic hydroxyl groups is 1. The summed E-state index contributed by atoms with van der Waals surface area (Å²) in [5, 5.41) is 10.9. The van der Waals surface area contributed by atoms with Crippen molar-refractivity contribution in [2.24, 2.45) is 0 Å². The lowest BCUT2D eigenvalue weighted by Gasteiger charge is -2.24. The number of aromatic nitrogens is 2. The van der Waals surface area contributed by atoms with E-state index in [4.69, 9.17) is 9.72 Å². The summed E-state index contributed by atoms with van der Waals surface area (Å²) in [6.07, 6.45) is 5.22. The molecular weight excluding hydrogens is 350 g/mol. The zero-order valence-electron chi connectivity index (χ0n) is 15.3. The summed E-state index contributed by atoms with van der Waals surface area (Å²) in [4.78, 5) is 24.5. The average Bonchev–Trinajstić information content (AvgIpc) is 3.15. The lowest BCUT2D eigenvalue weighted by atomic mass is 10.2. The maximum Gasteiger partial charge on any atom is 0.259 e. The van der Waals surface area contributed by atoms with Gasteiger partial charge in [-0.3, -0.25) is 9.69 Å². The van der Waals surface area contributed by atoms with Crippen molar-refractivity contribution in [1.29, 1.82) is 0 Å². The van der Waals surface area contributed by atoms with Crippen molar-refractivity contribution in [3.8, 4) is 0 Å². The van der Waals surface area contributed by atoms with Crippen molar-refractivity contribution in [1.82, 2.24) is 14.9 Å². The highest BCUT2D eigenvalue weighted by Crippen LogP contribution is 2.34. The number of nitrogens with one attached hydrogen (secondary N) is 1. The number of aromatic amines is 1. The van der Waals surface area contributed by atoms with Crippen LogP contribution in [0.2, 0.25) is 0 Å². The maximum absolute atomic E-state index is 12.6. The molecule has 0 saturated carbocycles. The Morgan fingerprint density at radius 1 is 1.50 bits per heavy atom. The molecular formula is C19H27N3O3S. The topological polar surface area (TPSA) is 78.5 Å². The van der Waals surface area contributed by atoms with Crippen LogP contribution in [0.15, 0.2) is 17.4 Å². The summed E-state index contributed by atoms with van der Waals surface area (Å²) in [5.41, 5.74) is 1.17. The molecule has 2 N–H and O–H groups in total. The molecule has 1 atom stereocenters. The number of hydrogen-bond acceptors (Lipinski definition) is 6. The highest BCUT2D eigenvalue weighted by molar-refractivity contribution is 7.18. The second kappa shape index (κ2) is 8.90. The Kier molecular flexibility index (Phi) is 6.58. The van der Waals surface area contributed by atoms with Gasteiger partial charge in [0.1, 0.15) is 10.7 Å². The molecule has 2 aromatic heterocycles. The molecule has 3 rings (SSSR count). The summed E-state index contributed by atoms with van der Waals surface area (Å²) in [7, 11) is 0. The van der Waals surface area contributed by atoms with Crippen molar-refractivity contribution in [2.75, 3.05) is 26.3 Å². The van der Waals surface area contributed by atoms with Gasteiger partial charge in [-0.2, -0.15) is 0 Å². The van der Waals surface area contributed by atoms with Crippen LogP contribution in [-0.2, 0) is 24.1 Å². The molecule has 0 aromatic carbocycles. The Hall–Kier alpha value is -1.54. The van der Waals surface area contributed by atoms with Crippen LogP contribution in [0.4, 0.5) is 0 Å². The summed E-state index contributed by atoms with van der Waals surface area (Å²) in [6, 6.07) is 0. The van der Waals surface area contributed by atoms with Crippen molar-refractivity contribution < 1.29 is 9.84 Å². The molecule has 0 fully saturated rings. The number of hydrogen-bond donors (Lipinski definition) is 2. The van der Waals surface area contributed by atoms with Gasteiger partial charge in [-0.05, 0) is 37.8 Å². The third-order valence-electron chi connectivity index (χ3n) is 4.55. The van der Waals surface area contributed by atoms with Crippen LogP contribution in [0.5, 0.6) is 0 Å². The number of aliphatic hydroxyl groups excluding tert-OH is 1. The molecule has 1 aliphatic carbocycles. The molecule has 0 amide bonds. The van der Waals surface area contributed by atoms with E-state index in [0.717, 1.165) is 42.4 Å². The van der Waals surface area contributed by atoms with Crippen molar-refractivity contribution >= 4 is 21.6 Å². The van der Waals surface area contributed by atoms with Crippen molar-refractivity contribution in [3.63, 3.8) is 0 Å². The van der Waals surface area contributed by atoms with Gasteiger partial charge in [-0.1, -0.05) is 13.0 Å². The van der Waals surface area contributed by atoms with Crippen LogP contribution < -0.4 is 5.56 Å². The van der Waals surface area contributed by atoms with Gasteiger partial charge < -0.3 is 14.8 Å². The molecule has 6 nitrogen and oxygen atoms in total. The number of aryl methyl sites for hydroxylation is 2. The first-order chi connectivity index (χ1) is 12.6. The van der Waals surface area contributed by atoms with E-state index in [2.05, 4.69) is 23.4 Å². The van der Waals surface area contributed by atoms with E-state index in [9.17, 15) is 9.90 Å². The van der Waals surface area contributed by atoms with Gasteiger partial charge in [0.15, 0.2) is 0 Å². The first-order valence-corrected chi connectivity index (χ1v) is 10.1. The number of fused-ring (bicyclic) bond motifs is 3. The van der Waals surface area contributed by atoms with Gasteiger partial charge in [0.05, 0.1) is 31.2 Å². The fourth-order valence-corrected chi connectivity index (χ4v) is 4.80. The molecule has 2 aromatic rings. The Labute approximate surface area is 157 Å². The molecule has 0 aliphatic heterocycles. The minimum atomic E-state index is -0.581. The summed E-state index contributed by atoms with van der Waals surface area (Å²) in [5.74, 6) is 0.662. The largest absolute Gasteiger partial charge is 0.389 e. The van der Waals surface area contributed by atoms with Crippen LogP contribution in [0, 0.1) is 0 Å². The molecule has 1 unspecified atom stereocenters. The van der Waals surface area contributed by atoms with E-state index in [1.165, 1.54) is 10.4 Å². The van der Waals surface area contributed by atoms with E-state index in [1.54, 1.807) is 17.4 Å². The van der Waals surface area contributed by atoms with E-state index in [1.807, 2.05) is 0 Å². The number of thiophene rings is 1. The minimum Gasteiger partial charge on any atom is -0.389 e. The number of H-pyrrole nitrogens is 1. The third kappa shape index (κ3) is 4.40. The highest BCUT2D eigenvalue weighted by Gasteiger charge is 2.21. The van der Waals surface area contributed by atoms with Crippen LogP contribution in [0.1, 0.15) is 36.0 Å². The van der Waals surface area contributed by atoms with E-state index in [-0.39, 0.29) is 12.2 Å². The first-order valence-electron chi connectivity index (χ1n) is 9.24. The summed E-state index contributed by atoms with van der Waals surface area (Å²) < 4.78 is 5.32. The zero-order chi connectivity index (χ0) is 18.5. The highest BCUT2D eigenvalue weighted by atomic mass is 32.1. The first kappa shape index (κ1) is 19.2. The molecule has 1 aliphatic rings. The third-order valence-corrected chi connectivity index (χ3v) is 5.74. The Morgan fingerprint density at radius 2 is 2.35 bits per heavy atom. The van der Waals surface area contributed by atoms with Crippen molar-refractivity contribution in [3.05, 3.63) is 39.3 Å². The Bertz CT molecular complexity index is 814. The van der Waals surface area contributed by atoms with Crippen molar-refractivity contribution in [2.45, 2.75) is 45.3 Å². The van der Waals surface area contributed by atoms with Gasteiger partial charge in [-0.25, -0.2) is 4.98 Å². The molecule has 0 bridgehead atoms. The fraction of sp³-hybridized carbons (Fsp3) is 0.579. The Morgan fingerprint density at radius 3 is 3.12 bits per heavy atom. The lowest BCUT2D eigenvalue weighted by molar-refractivity contribution is 0.0241. The molecule has 0 radical (unpaired) electrons. The molecule has 0 spiro atoms. The molecule has 7 heteroatoms.